The highest BCUT2D eigenvalue weighted by atomic mass is 16.2. The van der Waals surface area contributed by atoms with Gasteiger partial charge in [-0.3, -0.25) is 9.59 Å². The quantitative estimate of drug-likeness (QED) is 0.763. The molecule has 0 radical (unpaired) electrons. The van der Waals surface area contributed by atoms with Gasteiger partial charge < -0.3 is 14.8 Å². The average Bonchev–Trinajstić information content (AvgIpc) is 2.59. The number of aromatic nitrogens is 2. The van der Waals surface area contributed by atoms with Gasteiger partial charge in [0.1, 0.15) is 17.9 Å². The molecule has 1 aliphatic heterocycles. The van der Waals surface area contributed by atoms with Crippen LogP contribution in [0.1, 0.15) is 19.7 Å². The Bertz CT molecular complexity index is 464. The van der Waals surface area contributed by atoms with Crippen molar-refractivity contribution in [2.24, 2.45) is 7.05 Å². The van der Waals surface area contributed by atoms with E-state index in [9.17, 15) is 9.59 Å². The summed E-state index contributed by atoms with van der Waals surface area (Å²) in [5, 5.41) is 2.67. The predicted octanol–water partition coefficient (Wildman–Crippen LogP) is -0.343. The van der Waals surface area contributed by atoms with Crippen molar-refractivity contribution < 1.29 is 9.59 Å². The maximum Gasteiger partial charge on any atom is 0.248 e. The van der Waals surface area contributed by atoms with Crippen molar-refractivity contribution >= 4 is 11.8 Å². The highest BCUT2D eigenvalue weighted by molar-refractivity contribution is 5.97. The van der Waals surface area contributed by atoms with Gasteiger partial charge in [0.25, 0.3) is 0 Å². The molecule has 0 aliphatic carbocycles. The smallest absolute Gasteiger partial charge is 0.248 e. The molecule has 2 amide bonds. The molecule has 1 aromatic heterocycles. The average molecular weight is 236 g/mol. The molecule has 1 N–H and O–H groups in total. The van der Waals surface area contributed by atoms with E-state index in [-0.39, 0.29) is 18.4 Å². The van der Waals surface area contributed by atoms with E-state index in [0.717, 1.165) is 5.82 Å². The van der Waals surface area contributed by atoms with Crippen molar-refractivity contribution in [2.75, 3.05) is 6.54 Å². The lowest BCUT2D eigenvalue weighted by molar-refractivity contribution is -0.149. The lowest BCUT2D eigenvalue weighted by Crippen LogP contribution is -2.63. The molecule has 0 saturated carbocycles. The number of nitrogens with zero attached hydrogens (tertiary/aromatic N) is 3. The lowest BCUT2D eigenvalue weighted by Gasteiger charge is -2.37. The lowest BCUT2D eigenvalue weighted by atomic mass is 10.0. The first kappa shape index (κ1) is 11.6. The molecular weight excluding hydrogens is 220 g/mol. The second-order valence-corrected chi connectivity index (χ2v) is 4.79. The number of piperazine rings is 1. The van der Waals surface area contributed by atoms with E-state index in [0.29, 0.717) is 6.54 Å². The van der Waals surface area contributed by atoms with Crippen LogP contribution in [0.5, 0.6) is 0 Å². The van der Waals surface area contributed by atoms with E-state index in [1.54, 1.807) is 20.0 Å². The monoisotopic (exact) mass is 236 g/mol. The van der Waals surface area contributed by atoms with Gasteiger partial charge in [-0.25, -0.2) is 4.98 Å². The van der Waals surface area contributed by atoms with Crippen molar-refractivity contribution in [3.05, 3.63) is 18.2 Å². The third-order valence-electron chi connectivity index (χ3n) is 2.86. The van der Waals surface area contributed by atoms with E-state index >= 15 is 0 Å². The summed E-state index contributed by atoms with van der Waals surface area (Å²) in [4.78, 5) is 29.3. The van der Waals surface area contributed by atoms with Gasteiger partial charge in [-0.2, -0.15) is 0 Å². The Morgan fingerprint density at radius 2 is 2.18 bits per heavy atom. The van der Waals surface area contributed by atoms with Crippen molar-refractivity contribution in [3.63, 3.8) is 0 Å². The molecule has 1 aromatic rings. The molecule has 1 fully saturated rings. The maximum atomic E-state index is 12.1. The van der Waals surface area contributed by atoms with Gasteiger partial charge in [-0.05, 0) is 13.8 Å². The second-order valence-electron chi connectivity index (χ2n) is 4.79. The SMILES string of the molecule is Cn1ccnc1CN1CC(=O)NC(C)(C)C1=O. The topological polar surface area (TPSA) is 67.2 Å². The van der Waals surface area contributed by atoms with Crippen LogP contribution in [0.15, 0.2) is 12.4 Å². The van der Waals surface area contributed by atoms with Crippen LogP contribution >= 0.6 is 0 Å². The van der Waals surface area contributed by atoms with Gasteiger partial charge in [0, 0.05) is 19.4 Å². The molecule has 1 saturated heterocycles. The minimum Gasteiger partial charge on any atom is -0.341 e. The highest BCUT2D eigenvalue weighted by Crippen LogP contribution is 2.15. The second kappa shape index (κ2) is 3.87. The summed E-state index contributed by atoms with van der Waals surface area (Å²) >= 11 is 0. The molecule has 6 heteroatoms. The van der Waals surface area contributed by atoms with Crippen LogP contribution in [0, 0.1) is 0 Å². The molecule has 92 valence electrons. The molecule has 1 aliphatic rings. The number of aryl methyl sites for hydroxylation is 1. The number of rotatable bonds is 2. The zero-order valence-corrected chi connectivity index (χ0v) is 10.2. The zero-order chi connectivity index (χ0) is 12.6. The fourth-order valence-corrected chi connectivity index (χ4v) is 1.93. The molecule has 6 nitrogen and oxygen atoms in total. The minimum atomic E-state index is -0.833. The van der Waals surface area contributed by atoms with Crippen LogP contribution in [0.4, 0.5) is 0 Å². The van der Waals surface area contributed by atoms with E-state index in [2.05, 4.69) is 10.3 Å². The molecule has 0 atom stereocenters. The van der Waals surface area contributed by atoms with Crippen molar-refractivity contribution in [2.45, 2.75) is 25.9 Å². The van der Waals surface area contributed by atoms with E-state index in [1.807, 2.05) is 17.8 Å². The summed E-state index contributed by atoms with van der Waals surface area (Å²) in [5.74, 6) is 0.549. The molecule has 0 bridgehead atoms. The van der Waals surface area contributed by atoms with Crippen LogP contribution in [0.2, 0.25) is 0 Å². The minimum absolute atomic E-state index is 0.0832. The Morgan fingerprint density at radius 3 is 2.76 bits per heavy atom. The summed E-state index contributed by atoms with van der Waals surface area (Å²) in [7, 11) is 1.86. The van der Waals surface area contributed by atoms with Crippen LogP contribution in [0.25, 0.3) is 0 Å². The molecule has 2 rings (SSSR count). The Balaban J connectivity index is 2.18. The Labute approximate surface area is 99.6 Å². The van der Waals surface area contributed by atoms with Crippen LogP contribution < -0.4 is 5.32 Å². The normalized spacial score (nSPS) is 19.4. The Kier molecular flexibility index (Phi) is 2.65. The summed E-state index contributed by atoms with van der Waals surface area (Å²) in [6, 6.07) is 0. The Hall–Kier alpha value is -1.85. The number of hydrogen-bond donors (Lipinski definition) is 1. The summed E-state index contributed by atoms with van der Waals surface area (Å²) in [6.45, 7) is 3.87. The summed E-state index contributed by atoms with van der Waals surface area (Å²) in [5.41, 5.74) is -0.833. The molecular formula is C11H16N4O2. The van der Waals surface area contributed by atoms with E-state index < -0.39 is 5.54 Å². The molecule has 17 heavy (non-hydrogen) atoms. The van der Waals surface area contributed by atoms with Crippen molar-refractivity contribution in [1.82, 2.24) is 19.8 Å². The largest absolute Gasteiger partial charge is 0.341 e. The fourth-order valence-electron chi connectivity index (χ4n) is 1.93. The van der Waals surface area contributed by atoms with E-state index in [4.69, 9.17) is 0 Å². The number of imidazole rings is 1. The molecule has 0 spiro atoms. The molecule has 0 aromatic carbocycles. The Morgan fingerprint density at radius 1 is 1.47 bits per heavy atom. The van der Waals surface area contributed by atoms with Crippen LogP contribution in [-0.4, -0.2) is 38.3 Å². The predicted molar refractivity (Wildman–Crippen MR) is 60.8 cm³/mol. The van der Waals surface area contributed by atoms with Crippen LogP contribution in [-0.2, 0) is 23.2 Å². The zero-order valence-electron chi connectivity index (χ0n) is 10.2. The fraction of sp³-hybridized carbons (Fsp3) is 0.545. The third-order valence-corrected chi connectivity index (χ3v) is 2.86. The van der Waals surface area contributed by atoms with Crippen molar-refractivity contribution in [3.8, 4) is 0 Å². The summed E-state index contributed by atoms with van der Waals surface area (Å²) in [6.07, 6.45) is 3.49. The third kappa shape index (κ3) is 2.15. The van der Waals surface area contributed by atoms with Gasteiger partial charge in [0.05, 0.1) is 6.54 Å². The van der Waals surface area contributed by atoms with E-state index in [1.165, 1.54) is 4.90 Å². The van der Waals surface area contributed by atoms with Crippen LogP contribution in [0.3, 0.4) is 0 Å². The van der Waals surface area contributed by atoms with Gasteiger partial charge in [-0.1, -0.05) is 0 Å². The standard InChI is InChI=1S/C11H16N4O2/c1-11(2)10(17)15(7-9(16)13-11)6-8-12-4-5-14(8)3/h4-5H,6-7H2,1-3H3,(H,13,16). The van der Waals surface area contributed by atoms with Gasteiger partial charge in [0.2, 0.25) is 11.8 Å². The number of carbonyl (C=O) groups is 2. The number of nitrogens with one attached hydrogen (secondary N) is 1. The molecule has 0 unspecified atom stereocenters. The number of hydrogen-bond acceptors (Lipinski definition) is 3. The summed E-state index contributed by atoms with van der Waals surface area (Å²) < 4.78 is 1.84. The van der Waals surface area contributed by atoms with Gasteiger partial charge in [-0.15, -0.1) is 0 Å². The number of amides is 2. The van der Waals surface area contributed by atoms with Gasteiger partial charge >= 0.3 is 0 Å². The first-order chi connectivity index (χ1) is 7.90. The number of carbonyl (C=O) groups excluding carboxylic acids is 2. The first-order valence-corrected chi connectivity index (χ1v) is 5.47. The molecule has 2 heterocycles. The van der Waals surface area contributed by atoms with Gasteiger partial charge in [0.15, 0.2) is 0 Å². The maximum absolute atomic E-state index is 12.1. The first-order valence-electron chi connectivity index (χ1n) is 5.47. The van der Waals surface area contributed by atoms with Crippen molar-refractivity contribution in [1.29, 1.82) is 0 Å². The highest BCUT2D eigenvalue weighted by Gasteiger charge is 2.39.